The first-order chi connectivity index (χ1) is 13.6. The van der Waals surface area contributed by atoms with Crippen LogP contribution in [0.4, 0.5) is 4.39 Å². The Morgan fingerprint density at radius 3 is 2.86 bits per heavy atom. The highest BCUT2D eigenvalue weighted by molar-refractivity contribution is 5.95. The number of carbonyl (C=O) groups excluding carboxylic acids is 1. The minimum absolute atomic E-state index is 0.152. The fraction of sp³-hybridized carbons (Fsp3) is 0.190. The van der Waals surface area contributed by atoms with Crippen molar-refractivity contribution in [1.29, 1.82) is 0 Å². The zero-order valence-corrected chi connectivity index (χ0v) is 15.3. The van der Waals surface area contributed by atoms with Gasteiger partial charge in [0, 0.05) is 30.2 Å². The van der Waals surface area contributed by atoms with E-state index >= 15 is 0 Å². The summed E-state index contributed by atoms with van der Waals surface area (Å²) in [6, 6.07) is 11.8. The summed E-state index contributed by atoms with van der Waals surface area (Å²) < 4.78 is 15.1. The summed E-state index contributed by atoms with van der Waals surface area (Å²) in [5.74, 6) is -1.08. The van der Waals surface area contributed by atoms with Crippen molar-refractivity contribution in [3.05, 3.63) is 76.0 Å². The maximum absolute atomic E-state index is 13.6. The third kappa shape index (κ3) is 3.15. The molecule has 2 aromatic carbocycles. The van der Waals surface area contributed by atoms with E-state index in [4.69, 9.17) is 0 Å². The lowest BCUT2D eigenvalue weighted by Crippen LogP contribution is -2.33. The third-order valence-electron chi connectivity index (χ3n) is 4.79. The second-order valence-electron chi connectivity index (χ2n) is 6.52. The molecule has 4 rings (SSSR count). The number of carbonyl (C=O) groups is 1. The Kier molecular flexibility index (Phi) is 4.65. The smallest absolute Gasteiger partial charge is 0.275 e. The molecule has 0 aliphatic rings. The molecule has 0 fully saturated rings. The summed E-state index contributed by atoms with van der Waals surface area (Å²) in [5, 5.41) is 8.18. The second-order valence-corrected chi connectivity index (χ2v) is 6.52. The summed E-state index contributed by atoms with van der Waals surface area (Å²) in [6.07, 6.45) is 2.53. The third-order valence-corrected chi connectivity index (χ3v) is 4.79. The molecule has 0 aliphatic heterocycles. The summed E-state index contributed by atoms with van der Waals surface area (Å²) in [7, 11) is 0. The minimum Gasteiger partial charge on any atom is -0.361 e. The molecular formula is C21H19FN4O2. The van der Waals surface area contributed by atoms with Gasteiger partial charge >= 0.3 is 0 Å². The molecular weight excluding hydrogens is 359 g/mol. The van der Waals surface area contributed by atoms with Crippen molar-refractivity contribution in [3.63, 3.8) is 0 Å². The van der Waals surface area contributed by atoms with E-state index < -0.39 is 17.2 Å². The average molecular weight is 378 g/mol. The van der Waals surface area contributed by atoms with E-state index in [-0.39, 0.29) is 11.1 Å². The minimum atomic E-state index is -0.566. The van der Waals surface area contributed by atoms with Gasteiger partial charge in [0.25, 0.3) is 5.91 Å². The number of halogens is 1. The van der Waals surface area contributed by atoms with Gasteiger partial charge in [-0.15, -0.1) is 0 Å². The number of nitrogens with zero attached hydrogens (tertiary/aromatic N) is 2. The highest BCUT2D eigenvalue weighted by Gasteiger charge is 2.17. The van der Waals surface area contributed by atoms with Gasteiger partial charge in [-0.3, -0.25) is 14.3 Å². The normalized spacial score (nSPS) is 11.2. The number of H-pyrrole nitrogens is 1. The fourth-order valence-corrected chi connectivity index (χ4v) is 3.39. The number of aryl methyl sites for hydroxylation is 1. The number of aromatic amines is 1. The zero-order chi connectivity index (χ0) is 19.7. The molecule has 7 heteroatoms. The van der Waals surface area contributed by atoms with E-state index in [1.807, 2.05) is 37.4 Å². The van der Waals surface area contributed by atoms with Gasteiger partial charge in [0.15, 0.2) is 5.69 Å². The first-order valence-electron chi connectivity index (χ1n) is 9.12. The maximum atomic E-state index is 13.6. The number of nitrogens with one attached hydrogen (secondary N) is 2. The largest absolute Gasteiger partial charge is 0.361 e. The van der Waals surface area contributed by atoms with Crippen molar-refractivity contribution in [1.82, 2.24) is 20.1 Å². The van der Waals surface area contributed by atoms with Gasteiger partial charge in [-0.05, 0) is 43.2 Å². The molecule has 0 atom stereocenters. The van der Waals surface area contributed by atoms with E-state index in [1.165, 1.54) is 16.8 Å². The number of hydrogen-bond acceptors (Lipinski definition) is 3. The van der Waals surface area contributed by atoms with Crippen molar-refractivity contribution < 1.29 is 9.18 Å². The lowest BCUT2D eigenvalue weighted by molar-refractivity contribution is 0.0946. The van der Waals surface area contributed by atoms with Crippen molar-refractivity contribution >= 4 is 27.7 Å². The van der Waals surface area contributed by atoms with Gasteiger partial charge in [-0.25, -0.2) is 4.39 Å². The van der Waals surface area contributed by atoms with Crippen LogP contribution in [0.5, 0.6) is 0 Å². The van der Waals surface area contributed by atoms with Crippen LogP contribution < -0.4 is 10.7 Å². The molecule has 28 heavy (non-hydrogen) atoms. The van der Waals surface area contributed by atoms with Crippen molar-refractivity contribution in [2.24, 2.45) is 0 Å². The summed E-state index contributed by atoms with van der Waals surface area (Å²) in [6.45, 7) is 2.66. The maximum Gasteiger partial charge on any atom is 0.275 e. The molecule has 4 aromatic rings. The van der Waals surface area contributed by atoms with Crippen LogP contribution in [-0.4, -0.2) is 27.2 Å². The molecule has 2 N–H and O–H groups in total. The van der Waals surface area contributed by atoms with Crippen molar-refractivity contribution in [3.8, 4) is 0 Å². The van der Waals surface area contributed by atoms with E-state index in [9.17, 15) is 14.0 Å². The summed E-state index contributed by atoms with van der Waals surface area (Å²) >= 11 is 0. The Hall–Kier alpha value is -3.48. The number of para-hydroxylation sites is 1. The number of rotatable bonds is 5. The Bertz CT molecular complexity index is 1240. The summed E-state index contributed by atoms with van der Waals surface area (Å²) in [5.41, 5.74) is 1.83. The highest BCUT2D eigenvalue weighted by Crippen LogP contribution is 2.17. The van der Waals surface area contributed by atoms with Gasteiger partial charge in [0.2, 0.25) is 5.43 Å². The number of benzene rings is 2. The van der Waals surface area contributed by atoms with Crippen LogP contribution in [0, 0.1) is 5.82 Å². The van der Waals surface area contributed by atoms with Crippen LogP contribution in [0.25, 0.3) is 21.8 Å². The molecule has 0 bridgehead atoms. The van der Waals surface area contributed by atoms with Crippen LogP contribution in [0.3, 0.4) is 0 Å². The van der Waals surface area contributed by atoms with Gasteiger partial charge in [-0.2, -0.15) is 5.10 Å². The average Bonchev–Trinajstić information content (AvgIpc) is 3.12. The van der Waals surface area contributed by atoms with Gasteiger partial charge < -0.3 is 10.3 Å². The van der Waals surface area contributed by atoms with Crippen molar-refractivity contribution in [2.45, 2.75) is 19.9 Å². The number of amides is 1. The van der Waals surface area contributed by atoms with Crippen molar-refractivity contribution in [2.75, 3.05) is 6.54 Å². The summed E-state index contributed by atoms with van der Waals surface area (Å²) in [4.78, 5) is 28.4. The second kappa shape index (κ2) is 7.26. The molecule has 2 aromatic heterocycles. The van der Waals surface area contributed by atoms with Gasteiger partial charge in [0.05, 0.1) is 10.9 Å². The molecule has 6 nitrogen and oxygen atoms in total. The van der Waals surface area contributed by atoms with E-state index in [2.05, 4.69) is 15.4 Å². The molecule has 0 saturated carbocycles. The molecule has 1 amide bonds. The molecule has 2 heterocycles. The standard InChI is InChI=1S/C21H19FN4O2/c1-2-26-18-8-7-14(22)11-16(18)20(27)19(25-26)21(28)23-10-9-13-12-24-17-6-4-3-5-15(13)17/h3-8,11-12,24H,2,9-10H2,1H3,(H,23,28). The molecule has 0 radical (unpaired) electrons. The predicted octanol–water partition coefficient (Wildman–Crippen LogP) is 3.01. The molecule has 0 unspecified atom stereocenters. The number of fused-ring (bicyclic) bond motifs is 2. The lowest BCUT2D eigenvalue weighted by atomic mass is 10.1. The topological polar surface area (TPSA) is 79.8 Å². The molecule has 0 saturated heterocycles. The van der Waals surface area contributed by atoms with Crippen LogP contribution >= 0.6 is 0 Å². The molecule has 0 aliphatic carbocycles. The van der Waals surface area contributed by atoms with Gasteiger partial charge in [-0.1, -0.05) is 18.2 Å². The monoisotopic (exact) mass is 378 g/mol. The predicted molar refractivity (Wildman–Crippen MR) is 106 cm³/mol. The Balaban J connectivity index is 1.57. The molecule has 142 valence electrons. The fourth-order valence-electron chi connectivity index (χ4n) is 3.39. The van der Waals surface area contributed by atoms with Gasteiger partial charge in [0.1, 0.15) is 5.82 Å². The lowest BCUT2D eigenvalue weighted by Gasteiger charge is -2.10. The Labute approximate surface area is 160 Å². The quantitative estimate of drug-likeness (QED) is 0.560. The highest BCUT2D eigenvalue weighted by atomic mass is 19.1. The number of aromatic nitrogens is 3. The Morgan fingerprint density at radius 1 is 1.21 bits per heavy atom. The first kappa shape index (κ1) is 17.9. The zero-order valence-electron chi connectivity index (χ0n) is 15.3. The first-order valence-corrected chi connectivity index (χ1v) is 9.12. The van der Waals surface area contributed by atoms with Crippen LogP contribution in [-0.2, 0) is 13.0 Å². The Morgan fingerprint density at radius 2 is 2.04 bits per heavy atom. The van der Waals surface area contributed by atoms with Crippen LogP contribution in [0.2, 0.25) is 0 Å². The van der Waals surface area contributed by atoms with E-state index in [0.717, 1.165) is 22.5 Å². The van der Waals surface area contributed by atoms with E-state index in [1.54, 1.807) is 0 Å². The van der Waals surface area contributed by atoms with Crippen LogP contribution in [0.15, 0.2) is 53.5 Å². The van der Waals surface area contributed by atoms with Crippen LogP contribution in [0.1, 0.15) is 23.0 Å². The number of hydrogen-bond donors (Lipinski definition) is 2. The van der Waals surface area contributed by atoms with E-state index in [0.29, 0.717) is 25.0 Å². The SMILES string of the molecule is CCn1nc(C(=O)NCCc2c[nH]c3ccccc23)c(=O)c2cc(F)ccc21. The molecule has 0 spiro atoms.